The van der Waals surface area contributed by atoms with Crippen LogP contribution in [0.5, 0.6) is 11.5 Å². The topological polar surface area (TPSA) is 76.1 Å². The van der Waals surface area contributed by atoms with Gasteiger partial charge in [-0.05, 0) is 48.4 Å². The van der Waals surface area contributed by atoms with E-state index in [-0.39, 0.29) is 19.2 Å². The van der Waals surface area contributed by atoms with Gasteiger partial charge in [0.15, 0.2) is 11.5 Å². The first-order valence-corrected chi connectivity index (χ1v) is 8.86. The van der Waals surface area contributed by atoms with Crippen molar-refractivity contribution in [1.29, 1.82) is 0 Å². The van der Waals surface area contributed by atoms with Crippen molar-refractivity contribution >= 4 is 34.9 Å². The molecular weight excluding hydrogens is 344 g/mol. The smallest absolute Gasteiger partial charge is 0.294 e. The van der Waals surface area contributed by atoms with Crippen LogP contribution in [0, 0.1) is 0 Å². The highest BCUT2D eigenvalue weighted by Crippen LogP contribution is 2.36. The summed E-state index contributed by atoms with van der Waals surface area (Å²) in [5.41, 5.74) is 0.737. The van der Waals surface area contributed by atoms with E-state index in [0.717, 1.165) is 35.1 Å². The largest absolute Gasteiger partial charge is 0.454 e. The molecule has 0 bridgehead atoms. The van der Waals surface area contributed by atoms with E-state index in [1.165, 1.54) is 0 Å². The number of fused-ring (bicyclic) bond motifs is 1. The lowest BCUT2D eigenvalue weighted by Gasteiger charge is -2.18. The lowest BCUT2D eigenvalue weighted by atomic mass is 10.2. The van der Waals surface area contributed by atoms with Crippen molar-refractivity contribution < 1.29 is 23.9 Å². The van der Waals surface area contributed by atoms with Crippen molar-refractivity contribution in [3.63, 3.8) is 0 Å². The summed E-state index contributed by atoms with van der Waals surface area (Å²) in [6, 6.07) is 5.30. The number of likely N-dealkylation sites (tertiary alicyclic amines) is 1. The van der Waals surface area contributed by atoms with Crippen molar-refractivity contribution in [1.82, 2.24) is 9.80 Å². The number of hydrogen-bond donors (Lipinski definition) is 0. The summed E-state index contributed by atoms with van der Waals surface area (Å²) in [5.74, 6) is 0.656. The third-order valence-electron chi connectivity index (χ3n) is 4.32. The monoisotopic (exact) mass is 360 g/mol. The molecule has 1 aromatic carbocycles. The molecular formula is C17H16N2O5S. The van der Waals surface area contributed by atoms with Gasteiger partial charge in [0, 0.05) is 13.1 Å². The van der Waals surface area contributed by atoms with E-state index >= 15 is 0 Å². The molecule has 130 valence electrons. The second-order valence-electron chi connectivity index (χ2n) is 5.97. The van der Waals surface area contributed by atoms with Crippen LogP contribution in [0.1, 0.15) is 18.4 Å². The number of hydrogen-bond acceptors (Lipinski definition) is 6. The van der Waals surface area contributed by atoms with Crippen LogP contribution in [0.2, 0.25) is 0 Å². The molecule has 2 saturated heterocycles. The molecule has 0 unspecified atom stereocenters. The number of carbonyl (C=O) groups is 3. The van der Waals surface area contributed by atoms with Crippen molar-refractivity contribution in [3.8, 4) is 11.5 Å². The van der Waals surface area contributed by atoms with Gasteiger partial charge in [0.25, 0.3) is 11.1 Å². The molecule has 0 N–H and O–H groups in total. The van der Waals surface area contributed by atoms with Gasteiger partial charge in [0.05, 0.1) is 4.91 Å². The molecule has 8 heteroatoms. The molecule has 3 amide bonds. The van der Waals surface area contributed by atoms with Crippen molar-refractivity contribution in [3.05, 3.63) is 28.7 Å². The van der Waals surface area contributed by atoms with Crippen LogP contribution in [0.15, 0.2) is 23.1 Å². The molecule has 25 heavy (non-hydrogen) atoms. The molecule has 0 atom stereocenters. The standard InChI is InChI=1S/C17H16N2O5S/c20-15(18-5-1-2-6-18)9-19-16(21)14(25-17(19)22)8-11-3-4-12-13(7-11)24-10-23-12/h3-4,7-8H,1-2,5-6,9-10H2/b14-8-. The van der Waals surface area contributed by atoms with Gasteiger partial charge >= 0.3 is 0 Å². The highest BCUT2D eigenvalue weighted by Gasteiger charge is 2.37. The fourth-order valence-electron chi connectivity index (χ4n) is 2.99. The average molecular weight is 360 g/mol. The fraction of sp³-hybridized carbons (Fsp3) is 0.353. The fourth-order valence-corrected chi connectivity index (χ4v) is 3.83. The summed E-state index contributed by atoms with van der Waals surface area (Å²) in [7, 11) is 0. The zero-order chi connectivity index (χ0) is 17.4. The van der Waals surface area contributed by atoms with E-state index in [1.807, 2.05) is 0 Å². The highest BCUT2D eigenvalue weighted by atomic mass is 32.2. The number of amides is 3. The van der Waals surface area contributed by atoms with Crippen LogP contribution in [0.25, 0.3) is 6.08 Å². The van der Waals surface area contributed by atoms with Crippen molar-refractivity contribution in [2.24, 2.45) is 0 Å². The zero-order valence-electron chi connectivity index (χ0n) is 13.4. The molecule has 0 spiro atoms. The number of ether oxygens (including phenoxy) is 2. The lowest BCUT2D eigenvalue weighted by molar-refractivity contribution is -0.135. The molecule has 0 aromatic heterocycles. The molecule has 0 aliphatic carbocycles. The van der Waals surface area contributed by atoms with E-state index in [0.29, 0.717) is 29.5 Å². The second-order valence-corrected chi connectivity index (χ2v) is 6.96. The molecule has 3 aliphatic heterocycles. The molecule has 3 heterocycles. The summed E-state index contributed by atoms with van der Waals surface area (Å²) >= 11 is 0.850. The molecule has 2 fully saturated rings. The quantitative estimate of drug-likeness (QED) is 0.768. The van der Waals surface area contributed by atoms with E-state index in [9.17, 15) is 14.4 Å². The van der Waals surface area contributed by atoms with Crippen molar-refractivity contribution in [2.75, 3.05) is 26.4 Å². The summed E-state index contributed by atoms with van der Waals surface area (Å²) in [6.45, 7) is 1.38. The van der Waals surface area contributed by atoms with Gasteiger partial charge in [-0.25, -0.2) is 0 Å². The van der Waals surface area contributed by atoms with Crippen LogP contribution in [-0.4, -0.2) is 53.3 Å². The SMILES string of the molecule is O=C(CN1C(=O)S/C(=C\c2ccc3c(c2)OCO3)C1=O)N1CCCC1. The van der Waals surface area contributed by atoms with Crippen LogP contribution < -0.4 is 9.47 Å². The Morgan fingerprint density at radius 3 is 2.72 bits per heavy atom. The Hall–Kier alpha value is -2.48. The molecule has 7 nitrogen and oxygen atoms in total. The summed E-state index contributed by atoms with van der Waals surface area (Å²) in [4.78, 5) is 39.9. The number of carbonyl (C=O) groups excluding carboxylic acids is 3. The van der Waals surface area contributed by atoms with Gasteiger partial charge in [0.2, 0.25) is 12.7 Å². The Labute approximate surface area is 148 Å². The number of rotatable bonds is 3. The number of thioether (sulfide) groups is 1. The first-order valence-electron chi connectivity index (χ1n) is 8.04. The van der Waals surface area contributed by atoms with E-state index in [4.69, 9.17) is 9.47 Å². The maximum Gasteiger partial charge on any atom is 0.294 e. The normalized spacial score (nSPS) is 20.9. The Morgan fingerprint density at radius 1 is 1.16 bits per heavy atom. The minimum Gasteiger partial charge on any atom is -0.454 e. The van der Waals surface area contributed by atoms with Gasteiger partial charge in [-0.15, -0.1) is 0 Å². The van der Waals surface area contributed by atoms with Gasteiger partial charge in [0.1, 0.15) is 6.54 Å². The van der Waals surface area contributed by atoms with Crippen molar-refractivity contribution in [2.45, 2.75) is 12.8 Å². The molecule has 0 radical (unpaired) electrons. The Balaban J connectivity index is 1.49. The minimum atomic E-state index is -0.430. The van der Waals surface area contributed by atoms with E-state index in [1.54, 1.807) is 29.2 Å². The minimum absolute atomic E-state index is 0.175. The van der Waals surface area contributed by atoms with Gasteiger partial charge in [-0.3, -0.25) is 19.3 Å². The maximum atomic E-state index is 12.5. The van der Waals surface area contributed by atoms with Gasteiger partial charge in [-0.1, -0.05) is 6.07 Å². The Morgan fingerprint density at radius 2 is 1.92 bits per heavy atom. The predicted octanol–water partition coefficient (Wildman–Crippen LogP) is 2.07. The van der Waals surface area contributed by atoms with Crippen LogP contribution >= 0.6 is 11.8 Å². The number of benzene rings is 1. The first kappa shape index (κ1) is 16.0. The zero-order valence-corrected chi connectivity index (χ0v) is 14.2. The van der Waals surface area contributed by atoms with E-state index < -0.39 is 11.1 Å². The average Bonchev–Trinajstić information content (AvgIpc) is 3.32. The lowest BCUT2D eigenvalue weighted by Crippen LogP contribution is -2.40. The summed E-state index contributed by atoms with van der Waals surface area (Å²) < 4.78 is 10.6. The Kier molecular flexibility index (Phi) is 4.12. The second kappa shape index (κ2) is 6.44. The van der Waals surface area contributed by atoms with E-state index in [2.05, 4.69) is 0 Å². The summed E-state index contributed by atoms with van der Waals surface area (Å²) in [5, 5.41) is -0.412. The predicted molar refractivity (Wildman–Crippen MR) is 91.1 cm³/mol. The van der Waals surface area contributed by atoms with Crippen LogP contribution in [0.3, 0.4) is 0 Å². The third-order valence-corrected chi connectivity index (χ3v) is 5.23. The Bertz CT molecular complexity index is 785. The molecule has 0 saturated carbocycles. The third kappa shape index (κ3) is 3.09. The maximum absolute atomic E-state index is 12.5. The van der Waals surface area contributed by atoms with Gasteiger partial charge in [-0.2, -0.15) is 0 Å². The number of nitrogens with zero attached hydrogens (tertiary/aromatic N) is 2. The first-order chi connectivity index (χ1) is 12.1. The van der Waals surface area contributed by atoms with Crippen LogP contribution in [0.4, 0.5) is 4.79 Å². The number of imide groups is 1. The summed E-state index contributed by atoms with van der Waals surface area (Å²) in [6.07, 6.45) is 3.57. The molecule has 4 rings (SSSR count). The highest BCUT2D eigenvalue weighted by molar-refractivity contribution is 8.18. The molecule has 1 aromatic rings. The van der Waals surface area contributed by atoms with Crippen LogP contribution in [-0.2, 0) is 9.59 Å². The molecule has 3 aliphatic rings. The van der Waals surface area contributed by atoms with Gasteiger partial charge < -0.3 is 14.4 Å².